The van der Waals surface area contributed by atoms with Crippen LogP contribution in [-0.4, -0.2) is 31.3 Å². The topological polar surface area (TPSA) is 25.4 Å². The van der Waals surface area contributed by atoms with E-state index in [1.807, 2.05) is 18.2 Å². The highest BCUT2D eigenvalue weighted by atomic mass is 35.5. The summed E-state index contributed by atoms with van der Waals surface area (Å²) in [6, 6.07) is 10.3. The highest BCUT2D eigenvalue weighted by Gasteiger charge is 2.17. The molecule has 0 saturated carbocycles. The summed E-state index contributed by atoms with van der Waals surface area (Å²) in [4.78, 5) is 6.94. The van der Waals surface area contributed by atoms with Gasteiger partial charge in [-0.2, -0.15) is 0 Å². The van der Waals surface area contributed by atoms with Crippen molar-refractivity contribution in [2.75, 3.05) is 25.1 Å². The van der Waals surface area contributed by atoms with Crippen LogP contribution in [0.4, 0.5) is 5.82 Å². The number of anilines is 1. The van der Waals surface area contributed by atoms with Crippen LogP contribution in [-0.2, 0) is 10.6 Å². The third-order valence-electron chi connectivity index (χ3n) is 4.07. The van der Waals surface area contributed by atoms with E-state index in [4.69, 9.17) is 21.3 Å². The Morgan fingerprint density at radius 2 is 2.19 bits per heavy atom. The normalized spacial score (nSPS) is 18.9. The molecule has 0 spiro atoms. The van der Waals surface area contributed by atoms with Gasteiger partial charge in [0.1, 0.15) is 5.82 Å². The van der Waals surface area contributed by atoms with Gasteiger partial charge in [-0.15, -0.1) is 11.6 Å². The number of pyridine rings is 1. The molecule has 2 heterocycles. The number of fused-ring (bicyclic) bond motifs is 1. The number of ether oxygens (including phenoxy) is 1. The minimum absolute atomic E-state index is 0.316. The summed E-state index contributed by atoms with van der Waals surface area (Å²) in [6.45, 7) is 1.77. The van der Waals surface area contributed by atoms with Crippen LogP contribution in [0.5, 0.6) is 0 Å². The van der Waals surface area contributed by atoms with Crippen LogP contribution in [0.2, 0.25) is 0 Å². The van der Waals surface area contributed by atoms with Gasteiger partial charge in [-0.05, 0) is 37.0 Å². The molecule has 1 unspecified atom stereocenters. The molecule has 1 aromatic carbocycles. The second-order valence-corrected chi connectivity index (χ2v) is 5.93. The predicted molar refractivity (Wildman–Crippen MR) is 88.2 cm³/mol. The van der Waals surface area contributed by atoms with E-state index >= 15 is 0 Å². The molecule has 3 nitrogen and oxygen atoms in total. The number of para-hydroxylation sites is 1. The molecule has 1 atom stereocenters. The maximum absolute atomic E-state index is 6.10. The van der Waals surface area contributed by atoms with Crippen LogP contribution in [0.25, 0.3) is 10.9 Å². The fourth-order valence-corrected chi connectivity index (χ4v) is 3.11. The summed E-state index contributed by atoms with van der Waals surface area (Å²) in [7, 11) is 2.08. The van der Waals surface area contributed by atoms with Gasteiger partial charge in [0.2, 0.25) is 0 Å². The van der Waals surface area contributed by atoms with Crippen molar-refractivity contribution in [3.63, 3.8) is 0 Å². The first-order valence-electron chi connectivity index (χ1n) is 7.55. The second-order valence-electron chi connectivity index (χ2n) is 5.66. The zero-order valence-corrected chi connectivity index (χ0v) is 13.1. The summed E-state index contributed by atoms with van der Waals surface area (Å²) < 4.78 is 5.82. The minimum Gasteiger partial charge on any atom is -0.376 e. The summed E-state index contributed by atoms with van der Waals surface area (Å²) in [5.41, 5.74) is 2.13. The standard InChI is InChI=1S/C17H21ClN2O/c1-20(12-14-6-4-5-9-21-14)17-10-13(11-18)15-7-2-3-8-16(15)19-17/h2-3,7-8,10,14H,4-6,9,11-12H2,1H3. The number of benzene rings is 1. The van der Waals surface area contributed by atoms with Gasteiger partial charge in [0.15, 0.2) is 0 Å². The molecule has 3 rings (SSSR count). The molecule has 0 amide bonds. The molecule has 1 aliphatic heterocycles. The average Bonchev–Trinajstić information content (AvgIpc) is 2.54. The van der Waals surface area contributed by atoms with Crippen molar-refractivity contribution in [2.45, 2.75) is 31.2 Å². The molecule has 2 aromatic rings. The van der Waals surface area contributed by atoms with E-state index in [0.29, 0.717) is 12.0 Å². The van der Waals surface area contributed by atoms with Crippen LogP contribution in [0.15, 0.2) is 30.3 Å². The number of likely N-dealkylation sites (N-methyl/N-ethyl adjacent to an activating group) is 1. The van der Waals surface area contributed by atoms with E-state index < -0.39 is 0 Å². The summed E-state index contributed by atoms with van der Waals surface area (Å²) in [5, 5.41) is 1.14. The van der Waals surface area contributed by atoms with Crippen molar-refractivity contribution in [1.29, 1.82) is 0 Å². The van der Waals surface area contributed by atoms with Gasteiger partial charge in [0.25, 0.3) is 0 Å². The van der Waals surface area contributed by atoms with E-state index in [9.17, 15) is 0 Å². The van der Waals surface area contributed by atoms with Crippen molar-refractivity contribution < 1.29 is 4.74 Å². The lowest BCUT2D eigenvalue weighted by molar-refractivity contribution is 0.0215. The number of aromatic nitrogens is 1. The highest BCUT2D eigenvalue weighted by Crippen LogP contribution is 2.24. The van der Waals surface area contributed by atoms with Crippen LogP contribution in [0.1, 0.15) is 24.8 Å². The van der Waals surface area contributed by atoms with Crippen molar-refractivity contribution in [3.8, 4) is 0 Å². The molecular formula is C17H21ClN2O. The molecule has 1 saturated heterocycles. The van der Waals surface area contributed by atoms with Crippen molar-refractivity contribution >= 4 is 28.3 Å². The quantitative estimate of drug-likeness (QED) is 0.799. The maximum Gasteiger partial charge on any atom is 0.129 e. The van der Waals surface area contributed by atoms with Crippen molar-refractivity contribution in [3.05, 3.63) is 35.9 Å². The number of alkyl halides is 1. The van der Waals surface area contributed by atoms with E-state index in [2.05, 4.69) is 24.1 Å². The number of nitrogens with zero attached hydrogens (tertiary/aromatic N) is 2. The van der Waals surface area contributed by atoms with E-state index in [0.717, 1.165) is 41.9 Å². The van der Waals surface area contributed by atoms with Gasteiger partial charge in [-0.25, -0.2) is 4.98 Å². The molecule has 0 N–H and O–H groups in total. The van der Waals surface area contributed by atoms with E-state index in [1.54, 1.807) is 0 Å². The molecule has 1 aromatic heterocycles. The van der Waals surface area contributed by atoms with Crippen LogP contribution >= 0.6 is 11.6 Å². The van der Waals surface area contributed by atoms with Gasteiger partial charge in [-0.3, -0.25) is 0 Å². The van der Waals surface area contributed by atoms with E-state index in [-0.39, 0.29) is 0 Å². The summed E-state index contributed by atoms with van der Waals surface area (Å²) in [5.74, 6) is 1.47. The zero-order valence-electron chi connectivity index (χ0n) is 12.4. The Bertz CT molecular complexity index is 611. The van der Waals surface area contributed by atoms with Gasteiger partial charge < -0.3 is 9.64 Å². The molecule has 4 heteroatoms. The zero-order chi connectivity index (χ0) is 14.7. The molecule has 0 radical (unpaired) electrons. The van der Waals surface area contributed by atoms with Gasteiger partial charge in [0.05, 0.1) is 11.6 Å². The Kier molecular flexibility index (Phi) is 4.61. The SMILES string of the molecule is CN(CC1CCCCO1)c1cc(CCl)c2ccccc2n1. The largest absolute Gasteiger partial charge is 0.376 e. The lowest BCUT2D eigenvalue weighted by Gasteiger charge is -2.28. The van der Waals surface area contributed by atoms with Crippen LogP contribution in [0, 0.1) is 0 Å². The average molecular weight is 305 g/mol. The fourth-order valence-electron chi connectivity index (χ4n) is 2.89. The predicted octanol–water partition coefficient (Wildman–Crippen LogP) is 3.98. The maximum atomic E-state index is 6.10. The lowest BCUT2D eigenvalue weighted by atomic mass is 10.1. The molecule has 1 fully saturated rings. The van der Waals surface area contributed by atoms with Gasteiger partial charge in [0, 0.05) is 31.5 Å². The third kappa shape index (κ3) is 3.30. The van der Waals surface area contributed by atoms with Crippen molar-refractivity contribution in [1.82, 2.24) is 4.98 Å². The first kappa shape index (κ1) is 14.6. The number of halogens is 1. The van der Waals surface area contributed by atoms with Crippen LogP contribution < -0.4 is 4.90 Å². The van der Waals surface area contributed by atoms with Crippen molar-refractivity contribution in [2.24, 2.45) is 0 Å². The highest BCUT2D eigenvalue weighted by molar-refractivity contribution is 6.18. The Labute approximate surface area is 130 Å². The Morgan fingerprint density at radius 1 is 1.33 bits per heavy atom. The van der Waals surface area contributed by atoms with Gasteiger partial charge in [-0.1, -0.05) is 18.2 Å². The lowest BCUT2D eigenvalue weighted by Crippen LogP contribution is -2.33. The Balaban J connectivity index is 1.85. The number of hydrogen-bond acceptors (Lipinski definition) is 3. The Morgan fingerprint density at radius 3 is 2.95 bits per heavy atom. The number of hydrogen-bond donors (Lipinski definition) is 0. The van der Waals surface area contributed by atoms with E-state index in [1.165, 1.54) is 12.8 Å². The molecule has 0 aliphatic carbocycles. The summed E-state index contributed by atoms with van der Waals surface area (Å²) in [6.07, 6.45) is 3.90. The molecule has 0 bridgehead atoms. The Hall–Kier alpha value is -1.32. The first-order chi connectivity index (χ1) is 10.3. The molecule has 21 heavy (non-hydrogen) atoms. The molecule has 112 valence electrons. The van der Waals surface area contributed by atoms with Crippen LogP contribution in [0.3, 0.4) is 0 Å². The number of rotatable bonds is 4. The summed E-state index contributed by atoms with van der Waals surface area (Å²) >= 11 is 6.10. The first-order valence-corrected chi connectivity index (χ1v) is 8.09. The smallest absolute Gasteiger partial charge is 0.129 e. The second kappa shape index (κ2) is 6.63. The van der Waals surface area contributed by atoms with Gasteiger partial charge >= 0.3 is 0 Å². The molecular weight excluding hydrogens is 284 g/mol. The third-order valence-corrected chi connectivity index (χ3v) is 4.36. The fraction of sp³-hybridized carbons (Fsp3) is 0.471. The minimum atomic E-state index is 0.316. The monoisotopic (exact) mass is 304 g/mol. The molecule has 1 aliphatic rings.